The Morgan fingerprint density at radius 3 is 2.42 bits per heavy atom. The average Bonchev–Trinajstić information content (AvgIpc) is 2.15. The normalized spacial score (nSPS) is 10.6. The van der Waals surface area contributed by atoms with Crippen molar-refractivity contribution in [3.8, 4) is 0 Å². The van der Waals surface area contributed by atoms with Crippen molar-refractivity contribution in [1.82, 2.24) is 0 Å². The van der Waals surface area contributed by atoms with Crippen molar-refractivity contribution >= 4 is 0 Å². The summed E-state index contributed by atoms with van der Waals surface area (Å²) in [7, 11) is 0. The summed E-state index contributed by atoms with van der Waals surface area (Å²) in [6.07, 6.45) is 2.07. The second-order valence-corrected chi connectivity index (χ2v) is 2.88. The molecule has 1 rings (SSSR count). The molecule has 1 radical (unpaired) electrons. The molecule has 0 saturated heterocycles. The molecule has 0 atom stereocenters. The van der Waals surface area contributed by atoms with Crippen LogP contribution in [0.4, 0.5) is 0 Å². The van der Waals surface area contributed by atoms with E-state index in [1.165, 1.54) is 5.56 Å². The summed E-state index contributed by atoms with van der Waals surface area (Å²) < 4.78 is 0. The van der Waals surface area contributed by atoms with Crippen LogP contribution in [0.1, 0.15) is 25.3 Å². The van der Waals surface area contributed by atoms with Crippen LogP contribution in [0.3, 0.4) is 0 Å². The van der Waals surface area contributed by atoms with E-state index < -0.39 is 0 Å². The van der Waals surface area contributed by atoms with E-state index in [0.29, 0.717) is 0 Å². The highest BCUT2D eigenvalue weighted by Crippen LogP contribution is 2.18. The Hall–Kier alpha value is -0.820. The van der Waals surface area contributed by atoms with Crippen LogP contribution >= 0.6 is 0 Å². The highest BCUT2D eigenvalue weighted by atomic mass is 16.3. The van der Waals surface area contributed by atoms with Crippen molar-refractivity contribution in [2.45, 2.75) is 19.8 Å². The van der Waals surface area contributed by atoms with Gasteiger partial charge < -0.3 is 5.11 Å². The number of hydrogen-bond acceptors (Lipinski definition) is 1. The van der Waals surface area contributed by atoms with Gasteiger partial charge in [-0.05, 0) is 12.0 Å². The van der Waals surface area contributed by atoms with E-state index in [4.69, 9.17) is 5.11 Å². The van der Waals surface area contributed by atoms with E-state index in [1.807, 2.05) is 30.3 Å². The predicted octanol–water partition coefficient (Wildman–Crippen LogP) is 2.40. The molecule has 1 aromatic rings. The molecule has 0 bridgehead atoms. The van der Waals surface area contributed by atoms with Crippen molar-refractivity contribution in [3.05, 3.63) is 41.8 Å². The first kappa shape index (κ1) is 9.27. The van der Waals surface area contributed by atoms with E-state index in [1.54, 1.807) is 0 Å². The molecule has 1 heteroatoms. The molecule has 0 aliphatic carbocycles. The molecule has 1 aromatic carbocycles. The van der Waals surface area contributed by atoms with Crippen LogP contribution in [0.5, 0.6) is 0 Å². The van der Waals surface area contributed by atoms with Crippen LogP contribution in [0.15, 0.2) is 30.3 Å². The van der Waals surface area contributed by atoms with Crippen LogP contribution in [-0.2, 0) is 0 Å². The lowest BCUT2D eigenvalue weighted by atomic mass is 9.96. The molecule has 1 nitrogen and oxygen atoms in total. The smallest absolute Gasteiger partial charge is 0.0537 e. The fourth-order valence-corrected chi connectivity index (χ4v) is 1.29. The van der Waals surface area contributed by atoms with Gasteiger partial charge in [-0.2, -0.15) is 0 Å². The first-order valence-corrected chi connectivity index (χ1v) is 4.39. The van der Waals surface area contributed by atoms with Gasteiger partial charge in [0.1, 0.15) is 0 Å². The Morgan fingerprint density at radius 2 is 1.92 bits per heavy atom. The van der Waals surface area contributed by atoms with Gasteiger partial charge in [-0.15, -0.1) is 0 Å². The summed E-state index contributed by atoms with van der Waals surface area (Å²) in [5.74, 6) is 1.14. The first-order chi connectivity index (χ1) is 5.88. The van der Waals surface area contributed by atoms with Gasteiger partial charge in [0.2, 0.25) is 0 Å². The zero-order valence-electron chi connectivity index (χ0n) is 7.46. The van der Waals surface area contributed by atoms with Crippen LogP contribution < -0.4 is 0 Å². The molecular weight excluding hydrogens is 148 g/mol. The summed E-state index contributed by atoms with van der Waals surface area (Å²) in [6, 6.07) is 10.1. The Balaban J connectivity index is 2.66. The molecule has 0 fully saturated rings. The Kier molecular flexibility index (Phi) is 3.81. The summed E-state index contributed by atoms with van der Waals surface area (Å²) in [5.41, 5.74) is 1.17. The summed E-state index contributed by atoms with van der Waals surface area (Å²) in [6.45, 7) is 2.30. The van der Waals surface area contributed by atoms with Crippen molar-refractivity contribution in [3.63, 3.8) is 0 Å². The SMILES string of the molecule is CCC[C](CO)c1ccccc1. The number of hydrogen-bond donors (Lipinski definition) is 1. The molecule has 0 aliphatic heterocycles. The van der Waals surface area contributed by atoms with Gasteiger partial charge in [0, 0.05) is 5.92 Å². The van der Waals surface area contributed by atoms with Crippen LogP contribution in [0.2, 0.25) is 0 Å². The van der Waals surface area contributed by atoms with Gasteiger partial charge in [-0.1, -0.05) is 43.7 Å². The lowest BCUT2D eigenvalue weighted by Gasteiger charge is -2.11. The number of rotatable bonds is 4. The van der Waals surface area contributed by atoms with Gasteiger partial charge in [0.15, 0.2) is 0 Å². The fourth-order valence-electron chi connectivity index (χ4n) is 1.29. The Labute approximate surface area is 74.1 Å². The van der Waals surface area contributed by atoms with E-state index >= 15 is 0 Å². The minimum atomic E-state index is 0.178. The largest absolute Gasteiger partial charge is 0.395 e. The predicted molar refractivity (Wildman–Crippen MR) is 50.8 cm³/mol. The van der Waals surface area contributed by atoms with Gasteiger partial charge in [-0.3, -0.25) is 0 Å². The number of benzene rings is 1. The first-order valence-electron chi connectivity index (χ1n) is 4.39. The molecule has 1 N–H and O–H groups in total. The number of aliphatic hydroxyl groups is 1. The summed E-state index contributed by atoms with van der Waals surface area (Å²) in [5, 5.41) is 9.07. The minimum absolute atomic E-state index is 0.178. The summed E-state index contributed by atoms with van der Waals surface area (Å²) in [4.78, 5) is 0. The third kappa shape index (κ3) is 2.35. The fraction of sp³-hybridized carbons (Fsp3) is 0.364. The van der Waals surface area contributed by atoms with Crippen LogP contribution in [0.25, 0.3) is 0 Å². The molecule has 0 aromatic heterocycles. The highest BCUT2D eigenvalue weighted by Gasteiger charge is 2.08. The molecule has 0 spiro atoms. The quantitative estimate of drug-likeness (QED) is 0.722. The standard InChI is InChI=1S/C11H15O/c1-2-6-11(9-12)10-7-4-3-5-8-10/h3-5,7-8,12H,2,6,9H2,1H3. The van der Waals surface area contributed by atoms with E-state index in [9.17, 15) is 0 Å². The molecule has 0 heterocycles. The minimum Gasteiger partial charge on any atom is -0.395 e. The van der Waals surface area contributed by atoms with Gasteiger partial charge in [0.05, 0.1) is 6.61 Å². The molecule has 0 saturated carbocycles. The van der Waals surface area contributed by atoms with Crippen molar-refractivity contribution in [2.24, 2.45) is 0 Å². The highest BCUT2D eigenvalue weighted by molar-refractivity contribution is 5.30. The molecule has 0 amide bonds. The van der Waals surface area contributed by atoms with E-state index in [0.717, 1.165) is 18.8 Å². The van der Waals surface area contributed by atoms with Crippen LogP contribution in [-0.4, -0.2) is 11.7 Å². The molecule has 65 valence electrons. The lowest BCUT2D eigenvalue weighted by molar-refractivity contribution is 0.307. The van der Waals surface area contributed by atoms with Crippen molar-refractivity contribution < 1.29 is 5.11 Å². The van der Waals surface area contributed by atoms with E-state index in [-0.39, 0.29) is 6.61 Å². The van der Waals surface area contributed by atoms with Crippen LogP contribution in [0, 0.1) is 5.92 Å². The second-order valence-electron chi connectivity index (χ2n) is 2.88. The molecule has 0 unspecified atom stereocenters. The number of aliphatic hydroxyl groups excluding tert-OH is 1. The third-order valence-corrected chi connectivity index (χ3v) is 1.92. The van der Waals surface area contributed by atoms with Gasteiger partial charge >= 0.3 is 0 Å². The summed E-state index contributed by atoms with van der Waals surface area (Å²) >= 11 is 0. The topological polar surface area (TPSA) is 20.2 Å². The zero-order valence-corrected chi connectivity index (χ0v) is 7.46. The average molecular weight is 163 g/mol. The van der Waals surface area contributed by atoms with E-state index in [2.05, 4.69) is 6.92 Å². The van der Waals surface area contributed by atoms with Gasteiger partial charge in [-0.25, -0.2) is 0 Å². The molecule has 0 aliphatic rings. The maximum absolute atomic E-state index is 9.07. The van der Waals surface area contributed by atoms with Crippen molar-refractivity contribution in [2.75, 3.05) is 6.61 Å². The lowest BCUT2D eigenvalue weighted by Crippen LogP contribution is -2.04. The third-order valence-electron chi connectivity index (χ3n) is 1.92. The second kappa shape index (κ2) is 4.94. The van der Waals surface area contributed by atoms with Gasteiger partial charge in [0.25, 0.3) is 0 Å². The maximum atomic E-state index is 9.07. The maximum Gasteiger partial charge on any atom is 0.0537 e. The monoisotopic (exact) mass is 163 g/mol. The Bertz CT molecular complexity index is 206. The van der Waals surface area contributed by atoms with Crippen molar-refractivity contribution in [1.29, 1.82) is 0 Å². The molecule has 12 heavy (non-hydrogen) atoms. The Morgan fingerprint density at radius 1 is 1.25 bits per heavy atom. The zero-order chi connectivity index (χ0) is 8.81. The molecular formula is C11H15O.